The summed E-state index contributed by atoms with van der Waals surface area (Å²) in [4.78, 5) is 16.1. The molecule has 1 aromatic carbocycles. The summed E-state index contributed by atoms with van der Waals surface area (Å²) in [5.41, 5.74) is 5.53. The zero-order valence-electron chi connectivity index (χ0n) is 15.3. The molecule has 0 aliphatic rings. The van der Waals surface area contributed by atoms with Crippen molar-refractivity contribution in [3.8, 4) is 11.3 Å². The predicted octanol–water partition coefficient (Wildman–Crippen LogP) is 4.40. The van der Waals surface area contributed by atoms with Crippen molar-refractivity contribution in [2.45, 2.75) is 33.4 Å². The SMILES string of the molecule is COC(=O)CCn1c(C)cc(-c2csc(NCc3ccccc3)n2)c1C. The first-order valence-electron chi connectivity index (χ1n) is 8.55. The van der Waals surface area contributed by atoms with Gasteiger partial charge in [0, 0.05) is 35.4 Å². The molecule has 6 heteroatoms. The van der Waals surface area contributed by atoms with Crippen molar-refractivity contribution in [3.63, 3.8) is 0 Å². The Labute approximate surface area is 157 Å². The number of benzene rings is 1. The lowest BCUT2D eigenvalue weighted by molar-refractivity contribution is -0.140. The molecule has 0 aliphatic heterocycles. The minimum atomic E-state index is -0.194. The van der Waals surface area contributed by atoms with E-state index < -0.39 is 0 Å². The minimum absolute atomic E-state index is 0.194. The maximum absolute atomic E-state index is 11.4. The number of carbonyl (C=O) groups is 1. The predicted molar refractivity (Wildman–Crippen MR) is 105 cm³/mol. The van der Waals surface area contributed by atoms with E-state index in [1.165, 1.54) is 12.7 Å². The Hall–Kier alpha value is -2.60. The van der Waals surface area contributed by atoms with Gasteiger partial charge in [-0.15, -0.1) is 11.3 Å². The van der Waals surface area contributed by atoms with Crippen LogP contribution in [-0.4, -0.2) is 22.6 Å². The molecule has 0 aliphatic carbocycles. The third kappa shape index (κ3) is 4.14. The Morgan fingerprint density at radius 3 is 2.77 bits per heavy atom. The van der Waals surface area contributed by atoms with Crippen LogP contribution in [0.4, 0.5) is 5.13 Å². The number of hydrogen-bond acceptors (Lipinski definition) is 5. The van der Waals surface area contributed by atoms with Crippen LogP contribution in [0.5, 0.6) is 0 Å². The van der Waals surface area contributed by atoms with Gasteiger partial charge >= 0.3 is 5.97 Å². The maximum atomic E-state index is 11.4. The number of carbonyl (C=O) groups excluding carboxylic acids is 1. The van der Waals surface area contributed by atoms with E-state index in [4.69, 9.17) is 9.72 Å². The molecule has 0 bridgehead atoms. The van der Waals surface area contributed by atoms with Crippen molar-refractivity contribution in [2.24, 2.45) is 0 Å². The van der Waals surface area contributed by atoms with Crippen molar-refractivity contribution in [1.29, 1.82) is 0 Å². The van der Waals surface area contributed by atoms with Gasteiger partial charge in [0.15, 0.2) is 5.13 Å². The van der Waals surface area contributed by atoms with Gasteiger partial charge in [0.1, 0.15) is 0 Å². The zero-order valence-corrected chi connectivity index (χ0v) is 16.1. The lowest BCUT2D eigenvalue weighted by atomic mass is 10.2. The highest BCUT2D eigenvalue weighted by molar-refractivity contribution is 7.14. The van der Waals surface area contributed by atoms with E-state index in [0.717, 1.165) is 34.3 Å². The number of hydrogen-bond donors (Lipinski definition) is 1. The lowest BCUT2D eigenvalue weighted by Crippen LogP contribution is -2.09. The van der Waals surface area contributed by atoms with Gasteiger partial charge in [-0.05, 0) is 25.5 Å². The van der Waals surface area contributed by atoms with Crippen molar-refractivity contribution in [2.75, 3.05) is 12.4 Å². The molecule has 0 saturated heterocycles. The second kappa shape index (κ2) is 8.19. The number of aryl methyl sites for hydroxylation is 1. The average Bonchev–Trinajstić information content (AvgIpc) is 3.23. The highest BCUT2D eigenvalue weighted by atomic mass is 32.1. The second-order valence-electron chi connectivity index (χ2n) is 6.14. The van der Waals surface area contributed by atoms with E-state index >= 15 is 0 Å². The van der Waals surface area contributed by atoms with Crippen molar-refractivity contribution < 1.29 is 9.53 Å². The largest absolute Gasteiger partial charge is 0.469 e. The molecule has 2 heterocycles. The summed E-state index contributed by atoms with van der Waals surface area (Å²) in [6.07, 6.45) is 0.368. The Morgan fingerprint density at radius 1 is 1.27 bits per heavy atom. The van der Waals surface area contributed by atoms with Crippen LogP contribution in [0.15, 0.2) is 41.8 Å². The Kier molecular flexibility index (Phi) is 5.73. The fraction of sp³-hybridized carbons (Fsp3) is 0.300. The number of anilines is 1. The molecule has 0 unspecified atom stereocenters. The summed E-state index contributed by atoms with van der Waals surface area (Å²) in [6.45, 7) is 5.49. The average molecular weight is 369 g/mol. The minimum Gasteiger partial charge on any atom is -0.469 e. The molecule has 0 radical (unpaired) electrons. The molecule has 0 amide bonds. The summed E-state index contributed by atoms with van der Waals surface area (Å²) < 4.78 is 6.88. The van der Waals surface area contributed by atoms with Gasteiger partial charge in [0.25, 0.3) is 0 Å². The number of ether oxygens (including phenoxy) is 1. The quantitative estimate of drug-likeness (QED) is 0.627. The number of esters is 1. The molecule has 3 rings (SSSR count). The Bertz CT molecular complexity index is 884. The zero-order chi connectivity index (χ0) is 18.5. The van der Waals surface area contributed by atoms with Crippen LogP contribution in [0.25, 0.3) is 11.3 Å². The summed E-state index contributed by atoms with van der Waals surface area (Å²) in [6, 6.07) is 12.4. The molecule has 136 valence electrons. The molecule has 26 heavy (non-hydrogen) atoms. The third-order valence-electron chi connectivity index (χ3n) is 4.41. The third-order valence-corrected chi connectivity index (χ3v) is 5.21. The van der Waals surface area contributed by atoms with E-state index in [1.807, 2.05) is 18.2 Å². The lowest BCUT2D eigenvalue weighted by Gasteiger charge is -2.08. The van der Waals surface area contributed by atoms with Crippen LogP contribution < -0.4 is 5.32 Å². The fourth-order valence-corrected chi connectivity index (χ4v) is 3.67. The number of nitrogens with zero attached hydrogens (tertiary/aromatic N) is 2. The molecule has 2 aromatic heterocycles. The number of nitrogens with one attached hydrogen (secondary N) is 1. The Morgan fingerprint density at radius 2 is 2.04 bits per heavy atom. The molecule has 3 aromatic rings. The number of methoxy groups -OCH3 is 1. The van der Waals surface area contributed by atoms with Gasteiger partial charge in [-0.25, -0.2) is 4.98 Å². The van der Waals surface area contributed by atoms with Gasteiger partial charge in [0.2, 0.25) is 0 Å². The number of rotatable bonds is 7. The summed E-state index contributed by atoms with van der Waals surface area (Å²) >= 11 is 1.60. The molecule has 0 atom stereocenters. The van der Waals surface area contributed by atoms with Gasteiger partial charge in [-0.3, -0.25) is 4.79 Å². The van der Waals surface area contributed by atoms with Crippen LogP contribution in [0.2, 0.25) is 0 Å². The first-order valence-corrected chi connectivity index (χ1v) is 9.43. The van der Waals surface area contributed by atoms with E-state index in [2.05, 4.69) is 47.3 Å². The topological polar surface area (TPSA) is 56.1 Å². The number of aromatic nitrogens is 2. The van der Waals surface area contributed by atoms with E-state index in [-0.39, 0.29) is 5.97 Å². The van der Waals surface area contributed by atoms with Crippen LogP contribution >= 0.6 is 11.3 Å². The summed E-state index contributed by atoms with van der Waals surface area (Å²) in [7, 11) is 1.42. The maximum Gasteiger partial charge on any atom is 0.307 e. The van der Waals surface area contributed by atoms with E-state index in [1.54, 1.807) is 11.3 Å². The van der Waals surface area contributed by atoms with E-state index in [0.29, 0.717) is 13.0 Å². The molecule has 5 nitrogen and oxygen atoms in total. The summed E-state index contributed by atoms with van der Waals surface area (Å²) in [5, 5.41) is 6.35. The van der Waals surface area contributed by atoms with Crippen molar-refractivity contribution >= 4 is 22.4 Å². The first-order chi connectivity index (χ1) is 12.6. The van der Waals surface area contributed by atoms with Crippen LogP contribution in [0.1, 0.15) is 23.4 Å². The van der Waals surface area contributed by atoms with Crippen LogP contribution in [-0.2, 0) is 22.6 Å². The molecular formula is C20H23N3O2S. The number of thiazole rings is 1. The molecule has 0 fully saturated rings. The van der Waals surface area contributed by atoms with Crippen molar-refractivity contribution in [3.05, 3.63) is 58.7 Å². The van der Waals surface area contributed by atoms with Gasteiger partial charge in [-0.2, -0.15) is 0 Å². The van der Waals surface area contributed by atoms with Gasteiger partial charge in [-0.1, -0.05) is 30.3 Å². The molecule has 0 saturated carbocycles. The van der Waals surface area contributed by atoms with Crippen molar-refractivity contribution in [1.82, 2.24) is 9.55 Å². The fourth-order valence-electron chi connectivity index (χ4n) is 2.96. The normalized spacial score (nSPS) is 10.7. The monoisotopic (exact) mass is 369 g/mol. The Balaban J connectivity index is 1.71. The highest BCUT2D eigenvalue weighted by Gasteiger charge is 2.14. The highest BCUT2D eigenvalue weighted by Crippen LogP contribution is 2.30. The smallest absolute Gasteiger partial charge is 0.307 e. The molecule has 0 spiro atoms. The molecular weight excluding hydrogens is 346 g/mol. The van der Waals surface area contributed by atoms with Gasteiger partial charge < -0.3 is 14.6 Å². The standard InChI is InChI=1S/C20H23N3O2S/c1-14-11-17(15(2)23(14)10-9-19(24)25-3)18-13-26-20(22-18)21-12-16-7-5-4-6-8-16/h4-8,11,13H,9-10,12H2,1-3H3,(H,21,22). The summed E-state index contributed by atoms with van der Waals surface area (Å²) in [5.74, 6) is -0.194. The molecule has 1 N–H and O–H groups in total. The van der Waals surface area contributed by atoms with Crippen LogP contribution in [0.3, 0.4) is 0 Å². The van der Waals surface area contributed by atoms with Crippen LogP contribution in [0, 0.1) is 13.8 Å². The first kappa shape index (κ1) is 18.2. The second-order valence-corrected chi connectivity index (χ2v) is 7.00. The van der Waals surface area contributed by atoms with E-state index in [9.17, 15) is 4.79 Å². The van der Waals surface area contributed by atoms with Gasteiger partial charge in [0.05, 0.1) is 19.2 Å².